The molecule has 0 radical (unpaired) electrons. The molecule has 1 rings (SSSR count). The maximum Gasteiger partial charge on any atom is 0.349 e. The molecule has 3 N–H and O–H groups in total. The van der Waals surface area contributed by atoms with Crippen molar-refractivity contribution in [3.63, 3.8) is 0 Å². The minimum absolute atomic E-state index is 0.197. The van der Waals surface area contributed by atoms with Crippen LogP contribution < -0.4 is 11.4 Å². The highest BCUT2D eigenvalue weighted by atomic mass is 16.3. The molecule has 1 atom stereocenters. The van der Waals surface area contributed by atoms with Crippen molar-refractivity contribution in [2.24, 2.45) is 0 Å². The predicted molar refractivity (Wildman–Crippen MR) is 61.8 cm³/mol. The maximum absolute atomic E-state index is 11.4. The van der Waals surface area contributed by atoms with Gasteiger partial charge >= 0.3 is 5.69 Å². The fourth-order valence-corrected chi connectivity index (χ4v) is 1.50. The largest absolute Gasteiger partial charge is 0.385 e. The molecule has 1 aromatic heterocycles. The van der Waals surface area contributed by atoms with E-state index in [-0.39, 0.29) is 12.4 Å². The third-order valence-electron chi connectivity index (χ3n) is 2.06. The molecule has 0 saturated carbocycles. The average molecular weight is 227 g/mol. The van der Waals surface area contributed by atoms with Gasteiger partial charge in [0.25, 0.3) is 0 Å². The van der Waals surface area contributed by atoms with Crippen molar-refractivity contribution in [3.8, 4) is 0 Å². The van der Waals surface area contributed by atoms with Gasteiger partial charge in [-0.1, -0.05) is 0 Å². The number of nitrogens with two attached hydrogens (primary N) is 1. The molecule has 0 aliphatic rings. The first kappa shape index (κ1) is 12.7. The Labute approximate surface area is 94.5 Å². The molecule has 0 aliphatic heterocycles. The molecule has 1 aromatic rings. The number of hydrogen-bond donors (Lipinski definition) is 2. The van der Waals surface area contributed by atoms with E-state index in [2.05, 4.69) is 4.98 Å². The van der Waals surface area contributed by atoms with Crippen molar-refractivity contribution >= 4 is 5.82 Å². The standard InChI is InChI=1S/C10H18N4O2/c1-14(2,3)7-8(15)6-13-5-4-9(11)12-10(13)16/h4-5,8,15H,6-7H2,1-3H3,(H-,11,12,16)/p+1. The first-order chi connectivity index (χ1) is 7.28. The monoisotopic (exact) mass is 227 g/mol. The molecule has 0 saturated heterocycles. The Morgan fingerprint density at radius 1 is 1.56 bits per heavy atom. The van der Waals surface area contributed by atoms with Gasteiger partial charge in [0.05, 0.1) is 27.7 Å². The van der Waals surface area contributed by atoms with Crippen molar-refractivity contribution in [2.75, 3.05) is 33.4 Å². The molecule has 0 aromatic carbocycles. The highest BCUT2D eigenvalue weighted by molar-refractivity contribution is 5.23. The second kappa shape index (κ2) is 4.63. The minimum atomic E-state index is -0.580. The summed E-state index contributed by atoms with van der Waals surface area (Å²) in [5.41, 5.74) is 4.94. The van der Waals surface area contributed by atoms with Gasteiger partial charge in [0.2, 0.25) is 0 Å². The van der Waals surface area contributed by atoms with Crippen LogP contribution in [0, 0.1) is 0 Å². The molecular weight excluding hydrogens is 208 g/mol. The Morgan fingerprint density at radius 3 is 2.69 bits per heavy atom. The number of rotatable bonds is 4. The summed E-state index contributed by atoms with van der Waals surface area (Å²) >= 11 is 0. The Bertz CT molecular complexity index is 408. The van der Waals surface area contributed by atoms with Crippen LogP contribution >= 0.6 is 0 Å². The van der Waals surface area contributed by atoms with Gasteiger partial charge in [0, 0.05) is 6.20 Å². The number of hydrogen-bond acceptors (Lipinski definition) is 4. The molecule has 0 fully saturated rings. The van der Waals surface area contributed by atoms with Gasteiger partial charge in [-0.3, -0.25) is 4.57 Å². The fraction of sp³-hybridized carbons (Fsp3) is 0.600. The lowest BCUT2D eigenvalue weighted by Crippen LogP contribution is -2.43. The van der Waals surface area contributed by atoms with Crippen LogP contribution in [0.3, 0.4) is 0 Å². The summed E-state index contributed by atoms with van der Waals surface area (Å²) < 4.78 is 2.00. The average Bonchev–Trinajstić information content (AvgIpc) is 2.06. The number of aliphatic hydroxyl groups excluding tert-OH is 1. The molecule has 0 spiro atoms. The second-order valence-electron chi connectivity index (χ2n) is 4.91. The zero-order chi connectivity index (χ0) is 12.3. The maximum atomic E-state index is 11.4. The SMILES string of the molecule is C[N+](C)(C)CC(O)Cn1ccc(N)nc1=O. The fourth-order valence-electron chi connectivity index (χ4n) is 1.50. The molecule has 6 heteroatoms. The van der Waals surface area contributed by atoms with Gasteiger partial charge in [-0.2, -0.15) is 4.98 Å². The van der Waals surface area contributed by atoms with E-state index >= 15 is 0 Å². The Hall–Kier alpha value is -1.40. The normalized spacial score (nSPS) is 13.8. The molecule has 90 valence electrons. The van der Waals surface area contributed by atoms with Gasteiger partial charge < -0.3 is 15.3 Å². The van der Waals surface area contributed by atoms with E-state index in [1.807, 2.05) is 21.1 Å². The van der Waals surface area contributed by atoms with Gasteiger partial charge in [0.1, 0.15) is 18.5 Å². The third-order valence-corrected chi connectivity index (χ3v) is 2.06. The van der Waals surface area contributed by atoms with Crippen LogP contribution in [-0.4, -0.2) is 52.9 Å². The summed E-state index contributed by atoms with van der Waals surface area (Å²) in [7, 11) is 5.94. The van der Waals surface area contributed by atoms with E-state index in [0.29, 0.717) is 11.0 Å². The van der Waals surface area contributed by atoms with Crippen LogP contribution in [-0.2, 0) is 6.54 Å². The van der Waals surface area contributed by atoms with E-state index in [4.69, 9.17) is 5.73 Å². The lowest BCUT2D eigenvalue weighted by molar-refractivity contribution is -0.873. The van der Waals surface area contributed by atoms with Crippen LogP contribution in [0.2, 0.25) is 0 Å². The summed E-state index contributed by atoms with van der Waals surface area (Å²) in [6, 6.07) is 1.54. The number of aliphatic hydroxyl groups is 1. The van der Waals surface area contributed by atoms with Crippen LogP contribution in [0.25, 0.3) is 0 Å². The van der Waals surface area contributed by atoms with E-state index < -0.39 is 11.8 Å². The second-order valence-corrected chi connectivity index (χ2v) is 4.91. The lowest BCUT2D eigenvalue weighted by Gasteiger charge is -2.26. The molecule has 16 heavy (non-hydrogen) atoms. The summed E-state index contributed by atoms with van der Waals surface area (Å²) in [5.74, 6) is 0.197. The van der Waals surface area contributed by atoms with Crippen molar-refractivity contribution in [1.29, 1.82) is 0 Å². The van der Waals surface area contributed by atoms with Crippen LogP contribution in [0.5, 0.6) is 0 Å². The lowest BCUT2D eigenvalue weighted by atomic mass is 10.3. The molecule has 6 nitrogen and oxygen atoms in total. The third kappa shape index (κ3) is 4.00. The van der Waals surface area contributed by atoms with E-state index in [1.165, 1.54) is 4.57 Å². The first-order valence-corrected chi connectivity index (χ1v) is 5.09. The highest BCUT2D eigenvalue weighted by Crippen LogP contribution is 1.98. The molecular formula is C10H19N4O2+. The molecule has 0 amide bonds. The van der Waals surface area contributed by atoms with E-state index in [0.717, 1.165) is 0 Å². The summed E-state index contributed by atoms with van der Waals surface area (Å²) in [6.07, 6.45) is 0.965. The number of anilines is 1. The van der Waals surface area contributed by atoms with Crippen LogP contribution in [0.4, 0.5) is 5.82 Å². The summed E-state index contributed by atoms with van der Waals surface area (Å²) in [4.78, 5) is 15.0. The Morgan fingerprint density at radius 2 is 2.19 bits per heavy atom. The quantitative estimate of drug-likeness (QED) is 0.639. The van der Waals surface area contributed by atoms with Crippen molar-refractivity contribution < 1.29 is 9.59 Å². The molecule has 0 bridgehead atoms. The minimum Gasteiger partial charge on any atom is -0.385 e. The predicted octanol–water partition coefficient (Wildman–Crippen LogP) is -1.11. The number of quaternary nitrogens is 1. The molecule has 0 aliphatic carbocycles. The van der Waals surface area contributed by atoms with Gasteiger partial charge in [-0.25, -0.2) is 4.79 Å². The van der Waals surface area contributed by atoms with Crippen LogP contribution in [0.15, 0.2) is 17.1 Å². The van der Waals surface area contributed by atoms with E-state index in [1.54, 1.807) is 12.3 Å². The van der Waals surface area contributed by atoms with Crippen molar-refractivity contribution in [2.45, 2.75) is 12.6 Å². The zero-order valence-corrected chi connectivity index (χ0v) is 9.92. The molecule has 1 unspecified atom stereocenters. The van der Waals surface area contributed by atoms with Gasteiger partial charge in [-0.05, 0) is 6.07 Å². The Kier molecular flexibility index (Phi) is 3.66. The van der Waals surface area contributed by atoms with E-state index in [9.17, 15) is 9.90 Å². The molecule has 1 heterocycles. The number of aromatic nitrogens is 2. The topological polar surface area (TPSA) is 81.1 Å². The smallest absolute Gasteiger partial charge is 0.349 e. The van der Waals surface area contributed by atoms with Crippen LogP contribution in [0.1, 0.15) is 0 Å². The highest BCUT2D eigenvalue weighted by Gasteiger charge is 2.16. The summed E-state index contributed by atoms with van der Waals surface area (Å²) in [5, 5.41) is 9.80. The van der Waals surface area contributed by atoms with Gasteiger partial charge in [0.15, 0.2) is 0 Å². The van der Waals surface area contributed by atoms with Gasteiger partial charge in [-0.15, -0.1) is 0 Å². The summed E-state index contributed by atoms with van der Waals surface area (Å²) in [6.45, 7) is 0.804. The number of nitrogens with zero attached hydrogens (tertiary/aromatic N) is 3. The Balaban J connectivity index is 2.70. The zero-order valence-electron chi connectivity index (χ0n) is 9.92. The number of nitrogen functional groups attached to an aromatic ring is 1. The number of likely N-dealkylation sites (N-methyl/N-ethyl adjacent to an activating group) is 1. The first-order valence-electron chi connectivity index (χ1n) is 5.09. The van der Waals surface area contributed by atoms with Crippen molar-refractivity contribution in [3.05, 3.63) is 22.7 Å². The van der Waals surface area contributed by atoms with Crippen molar-refractivity contribution in [1.82, 2.24) is 9.55 Å².